The minimum absolute atomic E-state index is 1.02. The van der Waals surface area contributed by atoms with Crippen molar-refractivity contribution in [1.82, 2.24) is 10.2 Å². The molecule has 0 atom stereocenters. The molecule has 0 saturated heterocycles. The van der Waals surface area contributed by atoms with E-state index in [2.05, 4.69) is 41.8 Å². The van der Waals surface area contributed by atoms with Crippen LogP contribution < -0.4 is 5.32 Å². The second-order valence-corrected chi connectivity index (χ2v) is 4.45. The van der Waals surface area contributed by atoms with E-state index in [1.165, 1.54) is 11.3 Å². The van der Waals surface area contributed by atoms with Crippen LogP contribution in [0.5, 0.6) is 0 Å². The van der Waals surface area contributed by atoms with Crippen molar-refractivity contribution in [3.8, 4) is 0 Å². The third kappa shape index (κ3) is 5.03. The Hall–Kier alpha value is -0.380. The van der Waals surface area contributed by atoms with Crippen LogP contribution in [0, 0.1) is 0 Å². The first kappa shape index (κ1) is 10.7. The highest BCUT2D eigenvalue weighted by molar-refractivity contribution is 7.09. The molecule has 1 aromatic rings. The first-order valence-electron chi connectivity index (χ1n) is 4.67. The Morgan fingerprint density at radius 2 is 2.31 bits per heavy atom. The van der Waals surface area contributed by atoms with Gasteiger partial charge in [-0.1, -0.05) is 6.07 Å². The fraction of sp³-hybridized carbons (Fsp3) is 0.600. The number of nitrogens with zero attached hydrogens (tertiary/aromatic N) is 1. The van der Waals surface area contributed by atoms with Gasteiger partial charge in [-0.15, -0.1) is 11.3 Å². The van der Waals surface area contributed by atoms with Gasteiger partial charge in [-0.05, 0) is 45.1 Å². The second-order valence-electron chi connectivity index (χ2n) is 3.41. The van der Waals surface area contributed by atoms with Gasteiger partial charge >= 0.3 is 0 Å². The third-order valence-corrected chi connectivity index (χ3v) is 2.71. The van der Waals surface area contributed by atoms with E-state index in [-0.39, 0.29) is 0 Å². The van der Waals surface area contributed by atoms with Gasteiger partial charge in [-0.3, -0.25) is 0 Å². The summed E-state index contributed by atoms with van der Waals surface area (Å²) in [4.78, 5) is 3.64. The number of hydrogen-bond acceptors (Lipinski definition) is 3. The Morgan fingerprint density at radius 1 is 1.46 bits per heavy atom. The predicted octanol–water partition coefficient (Wildman–Crippen LogP) is 1.79. The van der Waals surface area contributed by atoms with Crippen molar-refractivity contribution >= 4 is 11.3 Å². The Balaban J connectivity index is 1.96. The monoisotopic (exact) mass is 198 g/mol. The SMILES string of the molecule is CN(C)CCCNCc1cccs1. The normalized spacial score (nSPS) is 11.0. The quantitative estimate of drug-likeness (QED) is 0.701. The molecule has 0 aliphatic rings. The predicted molar refractivity (Wildman–Crippen MR) is 59.2 cm³/mol. The summed E-state index contributed by atoms with van der Waals surface area (Å²) in [5, 5.41) is 5.55. The fourth-order valence-corrected chi connectivity index (χ4v) is 1.82. The molecule has 1 N–H and O–H groups in total. The van der Waals surface area contributed by atoms with E-state index in [1.54, 1.807) is 0 Å². The largest absolute Gasteiger partial charge is 0.312 e. The van der Waals surface area contributed by atoms with E-state index in [0.717, 1.165) is 19.6 Å². The molecular formula is C10H18N2S. The van der Waals surface area contributed by atoms with Gasteiger partial charge in [0.25, 0.3) is 0 Å². The van der Waals surface area contributed by atoms with Crippen molar-refractivity contribution in [2.45, 2.75) is 13.0 Å². The Labute approximate surface area is 84.6 Å². The van der Waals surface area contributed by atoms with Crippen molar-refractivity contribution in [1.29, 1.82) is 0 Å². The highest BCUT2D eigenvalue weighted by Crippen LogP contribution is 2.06. The summed E-state index contributed by atoms with van der Waals surface area (Å²) in [5.41, 5.74) is 0. The second kappa shape index (κ2) is 6.13. The van der Waals surface area contributed by atoms with Crippen molar-refractivity contribution < 1.29 is 0 Å². The summed E-state index contributed by atoms with van der Waals surface area (Å²) >= 11 is 1.81. The lowest BCUT2D eigenvalue weighted by atomic mass is 10.4. The molecule has 1 aromatic heterocycles. The zero-order chi connectivity index (χ0) is 9.52. The molecule has 0 aliphatic heterocycles. The van der Waals surface area contributed by atoms with Crippen LogP contribution in [-0.4, -0.2) is 32.1 Å². The highest BCUT2D eigenvalue weighted by atomic mass is 32.1. The summed E-state index contributed by atoms with van der Waals surface area (Å²) in [5.74, 6) is 0. The molecule has 3 heteroatoms. The van der Waals surface area contributed by atoms with E-state index in [1.807, 2.05) is 11.3 Å². The summed E-state index contributed by atoms with van der Waals surface area (Å²) < 4.78 is 0. The van der Waals surface area contributed by atoms with Crippen LogP contribution in [-0.2, 0) is 6.54 Å². The molecule has 2 nitrogen and oxygen atoms in total. The van der Waals surface area contributed by atoms with Gasteiger partial charge in [0.2, 0.25) is 0 Å². The van der Waals surface area contributed by atoms with Gasteiger partial charge in [-0.25, -0.2) is 0 Å². The van der Waals surface area contributed by atoms with Crippen LogP contribution in [0.2, 0.25) is 0 Å². The molecule has 0 amide bonds. The maximum atomic E-state index is 3.43. The average molecular weight is 198 g/mol. The van der Waals surface area contributed by atoms with E-state index in [4.69, 9.17) is 0 Å². The molecule has 74 valence electrons. The van der Waals surface area contributed by atoms with Crippen molar-refractivity contribution in [3.63, 3.8) is 0 Å². The van der Waals surface area contributed by atoms with E-state index < -0.39 is 0 Å². The lowest BCUT2D eigenvalue weighted by Crippen LogP contribution is -2.20. The van der Waals surface area contributed by atoms with Crippen molar-refractivity contribution in [2.24, 2.45) is 0 Å². The molecule has 1 heterocycles. The average Bonchev–Trinajstić information content (AvgIpc) is 2.55. The molecule has 0 aliphatic carbocycles. The van der Waals surface area contributed by atoms with E-state index in [9.17, 15) is 0 Å². The fourth-order valence-electron chi connectivity index (χ4n) is 1.15. The van der Waals surface area contributed by atoms with Gasteiger partial charge in [0, 0.05) is 11.4 Å². The maximum Gasteiger partial charge on any atom is 0.0299 e. The lowest BCUT2D eigenvalue weighted by Gasteiger charge is -2.09. The minimum atomic E-state index is 1.02. The van der Waals surface area contributed by atoms with Gasteiger partial charge in [0.15, 0.2) is 0 Å². The van der Waals surface area contributed by atoms with Crippen LogP contribution >= 0.6 is 11.3 Å². The van der Waals surface area contributed by atoms with Crippen LogP contribution in [0.15, 0.2) is 17.5 Å². The summed E-state index contributed by atoms with van der Waals surface area (Å²) in [6.07, 6.45) is 1.22. The van der Waals surface area contributed by atoms with Crippen LogP contribution in [0.25, 0.3) is 0 Å². The number of hydrogen-bond donors (Lipinski definition) is 1. The van der Waals surface area contributed by atoms with Crippen LogP contribution in [0.1, 0.15) is 11.3 Å². The Morgan fingerprint density at radius 3 is 2.92 bits per heavy atom. The third-order valence-electron chi connectivity index (χ3n) is 1.84. The maximum absolute atomic E-state index is 3.43. The van der Waals surface area contributed by atoms with Gasteiger partial charge in [0.05, 0.1) is 0 Å². The lowest BCUT2D eigenvalue weighted by molar-refractivity contribution is 0.394. The van der Waals surface area contributed by atoms with Gasteiger partial charge < -0.3 is 10.2 Å². The molecule has 0 spiro atoms. The zero-order valence-electron chi connectivity index (χ0n) is 8.42. The molecule has 0 radical (unpaired) electrons. The molecule has 0 unspecified atom stereocenters. The van der Waals surface area contributed by atoms with Crippen molar-refractivity contribution in [3.05, 3.63) is 22.4 Å². The van der Waals surface area contributed by atoms with Crippen LogP contribution in [0.3, 0.4) is 0 Å². The van der Waals surface area contributed by atoms with Gasteiger partial charge in [-0.2, -0.15) is 0 Å². The molecule has 0 bridgehead atoms. The minimum Gasteiger partial charge on any atom is -0.312 e. The number of thiophene rings is 1. The molecule has 1 rings (SSSR count). The smallest absolute Gasteiger partial charge is 0.0299 e. The Kier molecular flexibility index (Phi) is 5.05. The van der Waals surface area contributed by atoms with E-state index >= 15 is 0 Å². The molecule has 0 aromatic carbocycles. The first-order chi connectivity index (χ1) is 6.29. The standard InChI is InChI=1S/C10H18N2S/c1-12(2)7-4-6-11-9-10-5-3-8-13-10/h3,5,8,11H,4,6-7,9H2,1-2H3. The summed E-state index contributed by atoms with van der Waals surface area (Å²) in [6, 6.07) is 4.27. The molecule has 0 fully saturated rings. The number of rotatable bonds is 6. The van der Waals surface area contributed by atoms with E-state index in [0.29, 0.717) is 0 Å². The number of nitrogens with one attached hydrogen (secondary N) is 1. The molecular weight excluding hydrogens is 180 g/mol. The topological polar surface area (TPSA) is 15.3 Å². The highest BCUT2D eigenvalue weighted by Gasteiger charge is 1.93. The summed E-state index contributed by atoms with van der Waals surface area (Å²) in [6.45, 7) is 3.29. The molecule has 0 saturated carbocycles. The summed E-state index contributed by atoms with van der Waals surface area (Å²) in [7, 11) is 4.22. The Bertz CT molecular complexity index is 207. The van der Waals surface area contributed by atoms with Crippen molar-refractivity contribution in [2.75, 3.05) is 27.2 Å². The van der Waals surface area contributed by atoms with Gasteiger partial charge in [0.1, 0.15) is 0 Å². The zero-order valence-corrected chi connectivity index (χ0v) is 9.23. The first-order valence-corrected chi connectivity index (χ1v) is 5.55. The molecule has 13 heavy (non-hydrogen) atoms. The van der Waals surface area contributed by atoms with Crippen LogP contribution in [0.4, 0.5) is 0 Å².